The van der Waals surface area contributed by atoms with Gasteiger partial charge in [-0.2, -0.15) is 0 Å². The van der Waals surface area contributed by atoms with Gasteiger partial charge in [-0.3, -0.25) is 0 Å². The predicted molar refractivity (Wildman–Crippen MR) is 67.7 cm³/mol. The molecule has 1 heterocycles. The predicted octanol–water partition coefficient (Wildman–Crippen LogP) is 3.97. The summed E-state index contributed by atoms with van der Waals surface area (Å²) in [6.07, 6.45) is 4.28. The van der Waals surface area contributed by atoms with Gasteiger partial charge in [-0.25, -0.2) is 4.39 Å². The highest BCUT2D eigenvalue weighted by Gasteiger charge is 2.33. The molecule has 0 amide bonds. The zero-order chi connectivity index (χ0) is 12.8. The summed E-state index contributed by atoms with van der Waals surface area (Å²) in [4.78, 5) is 0. The molecule has 2 nitrogen and oxygen atoms in total. The van der Waals surface area contributed by atoms with Crippen molar-refractivity contribution in [2.24, 2.45) is 5.92 Å². The van der Waals surface area contributed by atoms with Gasteiger partial charge in [0.1, 0.15) is 11.4 Å². The highest BCUT2D eigenvalue weighted by Crippen LogP contribution is 2.39. The molecule has 2 aromatic rings. The van der Waals surface area contributed by atoms with E-state index in [0.29, 0.717) is 23.5 Å². The van der Waals surface area contributed by atoms with Crippen molar-refractivity contribution in [1.82, 2.24) is 0 Å². The molecule has 18 heavy (non-hydrogen) atoms. The molecule has 1 fully saturated rings. The zero-order valence-corrected chi connectivity index (χ0v) is 10.4. The van der Waals surface area contributed by atoms with Crippen molar-refractivity contribution in [3.63, 3.8) is 0 Å². The number of aliphatic hydroxyl groups is 1. The minimum Gasteiger partial charge on any atom is -0.455 e. The summed E-state index contributed by atoms with van der Waals surface area (Å²) in [6, 6.07) is 6.57. The van der Waals surface area contributed by atoms with Crippen molar-refractivity contribution in [3.8, 4) is 0 Å². The van der Waals surface area contributed by atoms with Crippen molar-refractivity contribution in [1.29, 1.82) is 0 Å². The SMILES string of the molecule is CC(O)(CC1CCC1)c1cc2cccc(F)c2o1. The van der Waals surface area contributed by atoms with Gasteiger partial charge in [0.2, 0.25) is 0 Å². The lowest BCUT2D eigenvalue weighted by molar-refractivity contribution is -0.00157. The number of hydrogen-bond acceptors (Lipinski definition) is 2. The summed E-state index contributed by atoms with van der Waals surface area (Å²) in [6.45, 7) is 1.75. The van der Waals surface area contributed by atoms with Gasteiger partial charge in [0.15, 0.2) is 11.4 Å². The van der Waals surface area contributed by atoms with Crippen molar-refractivity contribution >= 4 is 11.0 Å². The quantitative estimate of drug-likeness (QED) is 0.891. The van der Waals surface area contributed by atoms with E-state index in [1.165, 1.54) is 25.3 Å². The average Bonchev–Trinajstić information content (AvgIpc) is 2.70. The second-order valence-corrected chi connectivity index (χ2v) is 5.54. The average molecular weight is 248 g/mol. The van der Waals surface area contributed by atoms with Crippen LogP contribution in [-0.4, -0.2) is 5.11 Å². The first-order chi connectivity index (χ1) is 8.56. The molecule has 0 saturated heterocycles. The van der Waals surface area contributed by atoms with E-state index >= 15 is 0 Å². The summed E-state index contributed by atoms with van der Waals surface area (Å²) >= 11 is 0. The number of hydrogen-bond donors (Lipinski definition) is 1. The molecule has 96 valence electrons. The van der Waals surface area contributed by atoms with Crippen LogP contribution >= 0.6 is 0 Å². The van der Waals surface area contributed by atoms with Gasteiger partial charge >= 0.3 is 0 Å². The number of halogens is 1. The van der Waals surface area contributed by atoms with Crippen LogP contribution in [-0.2, 0) is 5.60 Å². The second kappa shape index (κ2) is 4.09. The van der Waals surface area contributed by atoms with E-state index in [9.17, 15) is 9.50 Å². The van der Waals surface area contributed by atoms with E-state index < -0.39 is 5.60 Å². The van der Waals surface area contributed by atoms with Gasteiger partial charge in [0.05, 0.1) is 0 Å². The smallest absolute Gasteiger partial charge is 0.170 e. The third-order valence-corrected chi connectivity index (χ3v) is 3.94. The van der Waals surface area contributed by atoms with Gasteiger partial charge in [0.25, 0.3) is 0 Å². The van der Waals surface area contributed by atoms with Gasteiger partial charge in [-0.15, -0.1) is 0 Å². The Balaban J connectivity index is 1.94. The van der Waals surface area contributed by atoms with Crippen LogP contribution in [0.5, 0.6) is 0 Å². The Morgan fingerprint density at radius 2 is 2.22 bits per heavy atom. The largest absolute Gasteiger partial charge is 0.455 e. The molecule has 1 aliphatic rings. The molecule has 0 radical (unpaired) electrons. The Morgan fingerprint density at radius 3 is 2.83 bits per heavy atom. The van der Waals surface area contributed by atoms with Crippen LogP contribution in [0.4, 0.5) is 4.39 Å². The van der Waals surface area contributed by atoms with Crippen LogP contribution in [0.25, 0.3) is 11.0 Å². The second-order valence-electron chi connectivity index (χ2n) is 5.54. The normalized spacial score (nSPS) is 19.7. The molecule has 0 bridgehead atoms. The minimum absolute atomic E-state index is 0.237. The lowest BCUT2D eigenvalue weighted by atomic mass is 9.77. The first-order valence-corrected chi connectivity index (χ1v) is 6.47. The van der Waals surface area contributed by atoms with E-state index in [-0.39, 0.29) is 11.4 Å². The maximum absolute atomic E-state index is 13.6. The first kappa shape index (κ1) is 11.7. The number of benzene rings is 1. The molecule has 1 aromatic carbocycles. The molecule has 3 heteroatoms. The Morgan fingerprint density at radius 1 is 1.44 bits per heavy atom. The van der Waals surface area contributed by atoms with Crippen molar-refractivity contribution in [2.75, 3.05) is 0 Å². The van der Waals surface area contributed by atoms with E-state index in [1.54, 1.807) is 25.1 Å². The lowest BCUT2D eigenvalue weighted by Gasteiger charge is -2.32. The topological polar surface area (TPSA) is 33.4 Å². The molecule has 1 saturated carbocycles. The van der Waals surface area contributed by atoms with Gasteiger partial charge in [-0.1, -0.05) is 31.4 Å². The standard InChI is InChI=1S/C15H17FO2/c1-15(17,9-10-4-2-5-10)13-8-11-6-3-7-12(16)14(11)18-13/h3,6-8,10,17H,2,4-5,9H2,1H3. The van der Waals surface area contributed by atoms with Gasteiger partial charge < -0.3 is 9.52 Å². The number of rotatable bonds is 3. The lowest BCUT2D eigenvalue weighted by Crippen LogP contribution is -2.27. The van der Waals surface area contributed by atoms with E-state index in [2.05, 4.69) is 0 Å². The Labute approximate surface area is 105 Å². The summed E-state index contributed by atoms with van der Waals surface area (Å²) in [5.74, 6) is 0.658. The molecule has 0 spiro atoms. The fraction of sp³-hybridized carbons (Fsp3) is 0.467. The van der Waals surface area contributed by atoms with E-state index in [1.807, 2.05) is 0 Å². The van der Waals surface area contributed by atoms with Crippen molar-refractivity contribution < 1.29 is 13.9 Å². The Kier molecular flexibility index (Phi) is 2.67. The molecular weight excluding hydrogens is 231 g/mol. The third kappa shape index (κ3) is 1.93. The van der Waals surface area contributed by atoms with E-state index in [4.69, 9.17) is 4.42 Å². The van der Waals surface area contributed by atoms with Crippen molar-refractivity contribution in [3.05, 3.63) is 35.8 Å². The Hall–Kier alpha value is -1.35. The summed E-state index contributed by atoms with van der Waals surface area (Å²) in [7, 11) is 0. The highest BCUT2D eigenvalue weighted by molar-refractivity contribution is 5.78. The molecule has 0 aliphatic heterocycles. The molecule has 1 aromatic heterocycles. The molecule has 1 aliphatic carbocycles. The minimum atomic E-state index is -1.00. The number of furan rings is 1. The summed E-state index contributed by atoms with van der Waals surface area (Å²) < 4.78 is 19.1. The van der Waals surface area contributed by atoms with Crippen molar-refractivity contribution in [2.45, 2.75) is 38.2 Å². The summed E-state index contributed by atoms with van der Waals surface area (Å²) in [5, 5.41) is 11.2. The summed E-state index contributed by atoms with van der Waals surface area (Å²) in [5.41, 5.74) is -0.766. The number of fused-ring (bicyclic) bond motifs is 1. The molecule has 1 N–H and O–H groups in total. The third-order valence-electron chi connectivity index (χ3n) is 3.94. The highest BCUT2D eigenvalue weighted by atomic mass is 19.1. The fourth-order valence-electron chi connectivity index (χ4n) is 2.65. The van der Waals surface area contributed by atoms with E-state index in [0.717, 1.165) is 0 Å². The van der Waals surface area contributed by atoms with Crippen LogP contribution in [0, 0.1) is 11.7 Å². The zero-order valence-electron chi connectivity index (χ0n) is 10.4. The van der Waals surface area contributed by atoms with Crippen LogP contribution in [0.2, 0.25) is 0 Å². The van der Waals surface area contributed by atoms with Gasteiger partial charge in [0, 0.05) is 5.39 Å². The van der Waals surface area contributed by atoms with Crippen LogP contribution < -0.4 is 0 Å². The molecule has 1 atom stereocenters. The maximum Gasteiger partial charge on any atom is 0.170 e. The van der Waals surface area contributed by atoms with Crippen LogP contribution in [0.1, 0.15) is 38.4 Å². The fourth-order valence-corrected chi connectivity index (χ4v) is 2.65. The molecular formula is C15H17FO2. The van der Waals surface area contributed by atoms with Gasteiger partial charge in [-0.05, 0) is 31.4 Å². The maximum atomic E-state index is 13.6. The van der Waals surface area contributed by atoms with Crippen LogP contribution in [0.15, 0.2) is 28.7 Å². The Bertz CT molecular complexity index is 567. The van der Waals surface area contributed by atoms with Crippen LogP contribution in [0.3, 0.4) is 0 Å². The molecule has 3 rings (SSSR count). The monoisotopic (exact) mass is 248 g/mol. The number of para-hydroxylation sites is 1. The first-order valence-electron chi connectivity index (χ1n) is 6.47. The molecule has 1 unspecified atom stereocenters.